The number of carboxylic acids is 1. The average molecular weight is 462 g/mol. The van der Waals surface area contributed by atoms with Crippen molar-refractivity contribution in [1.82, 2.24) is 0 Å². The van der Waals surface area contributed by atoms with Crippen molar-refractivity contribution in [1.29, 1.82) is 0 Å². The van der Waals surface area contributed by atoms with E-state index < -0.39 is 18.7 Å². The molecule has 0 fully saturated rings. The van der Waals surface area contributed by atoms with Gasteiger partial charge in [0.15, 0.2) is 0 Å². The van der Waals surface area contributed by atoms with Crippen molar-refractivity contribution in [2.45, 2.75) is 39.3 Å². The number of aliphatic carboxylic acids is 1. The summed E-state index contributed by atoms with van der Waals surface area (Å²) in [6.07, 6.45) is 0.650. The van der Waals surface area contributed by atoms with Gasteiger partial charge in [0.2, 0.25) is 0 Å². The number of ether oxygens (including phenoxy) is 1. The summed E-state index contributed by atoms with van der Waals surface area (Å²) in [6, 6.07) is 18.4. The van der Waals surface area contributed by atoms with Crippen molar-refractivity contribution < 1.29 is 23.4 Å². The maximum absolute atomic E-state index is 13.2. The summed E-state index contributed by atoms with van der Waals surface area (Å²) in [5, 5.41) is 10.2. The van der Waals surface area contributed by atoms with Gasteiger partial charge in [-0.2, -0.15) is 0 Å². The molecule has 4 aromatic rings. The minimum Gasteiger partial charge on any atom is -0.489 e. The van der Waals surface area contributed by atoms with Gasteiger partial charge in [-0.1, -0.05) is 37.3 Å². The molecule has 0 aliphatic heterocycles. The number of nitrogens with two attached hydrogens (primary N) is 1. The lowest BCUT2D eigenvalue weighted by Gasteiger charge is -2.14. The molecule has 1 unspecified atom stereocenters. The molecule has 0 saturated heterocycles. The summed E-state index contributed by atoms with van der Waals surface area (Å²) < 4.78 is 25.4. The van der Waals surface area contributed by atoms with Crippen molar-refractivity contribution in [3.63, 3.8) is 0 Å². The number of hydrogen-bond donors (Lipinski definition) is 2. The topological polar surface area (TPSA) is 85.7 Å². The van der Waals surface area contributed by atoms with E-state index in [1.165, 1.54) is 0 Å². The largest absolute Gasteiger partial charge is 0.489 e. The SMILES string of the molecule is CCc1cc2cc(COc3cc(C)ccc3CC(=O)O)cc(-c3cccc(C(N)CF)c3)c2o1. The molecule has 3 aromatic carbocycles. The van der Waals surface area contributed by atoms with Gasteiger partial charge in [-0.05, 0) is 59.5 Å². The van der Waals surface area contributed by atoms with E-state index in [1.807, 2.05) is 68.4 Å². The molecule has 176 valence electrons. The molecule has 0 saturated carbocycles. The number of benzene rings is 3. The molecule has 4 rings (SSSR count). The molecule has 6 heteroatoms. The van der Waals surface area contributed by atoms with Crippen LogP contribution in [-0.2, 0) is 24.2 Å². The molecule has 1 atom stereocenters. The molecule has 1 heterocycles. The van der Waals surface area contributed by atoms with Crippen molar-refractivity contribution in [2.75, 3.05) is 6.67 Å². The fourth-order valence-corrected chi connectivity index (χ4v) is 4.03. The highest BCUT2D eigenvalue weighted by molar-refractivity contribution is 5.93. The summed E-state index contributed by atoms with van der Waals surface area (Å²) >= 11 is 0. The zero-order valence-electron chi connectivity index (χ0n) is 19.3. The lowest BCUT2D eigenvalue weighted by molar-refractivity contribution is -0.136. The number of carbonyl (C=O) groups is 1. The van der Waals surface area contributed by atoms with Gasteiger partial charge in [0.05, 0.1) is 12.5 Å². The Labute approximate surface area is 198 Å². The first-order chi connectivity index (χ1) is 16.4. The van der Waals surface area contributed by atoms with E-state index in [1.54, 1.807) is 6.07 Å². The van der Waals surface area contributed by atoms with E-state index in [0.29, 0.717) is 11.3 Å². The summed E-state index contributed by atoms with van der Waals surface area (Å²) in [5.41, 5.74) is 11.7. The standard InChI is InChI=1S/C28H28FNO4/c1-3-23-13-22-10-18(16-33-26-9-17(2)7-8-21(26)14-27(31)32)11-24(28(22)34-23)19-5-4-6-20(12-19)25(30)15-29/h4-13,25H,3,14-16,30H2,1-2H3,(H,31,32). The highest BCUT2D eigenvalue weighted by Gasteiger charge is 2.15. The molecule has 0 aliphatic carbocycles. The zero-order valence-corrected chi connectivity index (χ0v) is 19.3. The van der Waals surface area contributed by atoms with Gasteiger partial charge in [-0.15, -0.1) is 0 Å². The van der Waals surface area contributed by atoms with Crippen LogP contribution in [0.1, 0.15) is 41.0 Å². The summed E-state index contributed by atoms with van der Waals surface area (Å²) in [5.74, 6) is 0.518. The van der Waals surface area contributed by atoms with Crippen LogP contribution >= 0.6 is 0 Å². The second-order valence-electron chi connectivity index (χ2n) is 8.48. The van der Waals surface area contributed by atoms with Crippen molar-refractivity contribution >= 4 is 16.9 Å². The predicted molar refractivity (Wildman–Crippen MR) is 131 cm³/mol. The Morgan fingerprint density at radius 2 is 1.97 bits per heavy atom. The third-order valence-corrected chi connectivity index (χ3v) is 5.83. The second kappa shape index (κ2) is 10.1. The van der Waals surface area contributed by atoms with Crippen LogP contribution in [0.5, 0.6) is 5.75 Å². The fraction of sp³-hybridized carbons (Fsp3) is 0.250. The van der Waals surface area contributed by atoms with E-state index in [9.17, 15) is 14.3 Å². The molecule has 1 aromatic heterocycles. The van der Waals surface area contributed by atoms with Crippen LogP contribution in [0, 0.1) is 6.92 Å². The number of alkyl halides is 1. The molecule has 0 radical (unpaired) electrons. The maximum Gasteiger partial charge on any atom is 0.307 e. The van der Waals surface area contributed by atoms with Crippen LogP contribution in [0.2, 0.25) is 0 Å². The van der Waals surface area contributed by atoms with Gasteiger partial charge >= 0.3 is 5.97 Å². The van der Waals surface area contributed by atoms with E-state index in [4.69, 9.17) is 14.9 Å². The van der Waals surface area contributed by atoms with Crippen molar-refractivity contribution in [3.05, 3.63) is 88.7 Å². The summed E-state index contributed by atoms with van der Waals surface area (Å²) in [6.45, 7) is 3.59. The van der Waals surface area contributed by atoms with Gasteiger partial charge in [-0.25, -0.2) is 4.39 Å². The molecule has 3 N–H and O–H groups in total. The lowest BCUT2D eigenvalue weighted by Crippen LogP contribution is -2.11. The number of furan rings is 1. The highest BCUT2D eigenvalue weighted by atomic mass is 19.1. The number of carboxylic acid groups (broad SMARTS) is 1. The summed E-state index contributed by atoms with van der Waals surface area (Å²) in [4.78, 5) is 11.3. The van der Waals surface area contributed by atoms with E-state index >= 15 is 0 Å². The van der Waals surface area contributed by atoms with Crippen LogP contribution < -0.4 is 10.5 Å². The van der Waals surface area contributed by atoms with E-state index in [0.717, 1.165) is 51.0 Å². The van der Waals surface area contributed by atoms with Crippen LogP contribution in [0.4, 0.5) is 4.39 Å². The first-order valence-corrected chi connectivity index (χ1v) is 11.3. The summed E-state index contributed by atoms with van der Waals surface area (Å²) in [7, 11) is 0. The molecular formula is C28H28FNO4. The first-order valence-electron chi connectivity index (χ1n) is 11.3. The van der Waals surface area contributed by atoms with Crippen LogP contribution in [-0.4, -0.2) is 17.8 Å². The van der Waals surface area contributed by atoms with E-state index in [-0.39, 0.29) is 13.0 Å². The Kier molecular flexibility index (Phi) is 6.98. The monoisotopic (exact) mass is 461 g/mol. The second-order valence-corrected chi connectivity index (χ2v) is 8.48. The van der Waals surface area contributed by atoms with Gasteiger partial charge in [-0.3, -0.25) is 4.79 Å². The number of rotatable bonds is 9. The van der Waals surface area contributed by atoms with Gasteiger partial charge in [0.25, 0.3) is 0 Å². The van der Waals surface area contributed by atoms with Gasteiger partial charge < -0.3 is 20.0 Å². The number of halogens is 1. The third kappa shape index (κ3) is 5.13. The molecule has 0 aliphatic rings. The third-order valence-electron chi connectivity index (χ3n) is 5.83. The Morgan fingerprint density at radius 1 is 1.15 bits per heavy atom. The molecule has 5 nitrogen and oxygen atoms in total. The highest BCUT2D eigenvalue weighted by Crippen LogP contribution is 2.34. The lowest BCUT2D eigenvalue weighted by atomic mass is 9.97. The minimum absolute atomic E-state index is 0.108. The average Bonchev–Trinajstić information content (AvgIpc) is 3.26. The number of hydrogen-bond acceptors (Lipinski definition) is 4. The Hall–Kier alpha value is -3.64. The van der Waals surface area contributed by atoms with Crippen molar-refractivity contribution in [3.8, 4) is 16.9 Å². The Morgan fingerprint density at radius 3 is 2.71 bits per heavy atom. The van der Waals surface area contributed by atoms with E-state index in [2.05, 4.69) is 0 Å². The Balaban J connectivity index is 1.73. The fourth-order valence-electron chi connectivity index (χ4n) is 4.03. The molecule has 0 amide bonds. The minimum atomic E-state index is -0.908. The quantitative estimate of drug-likeness (QED) is 0.312. The molecule has 0 spiro atoms. The normalized spacial score (nSPS) is 12.1. The Bertz CT molecular complexity index is 1330. The predicted octanol–water partition coefficient (Wildman–Crippen LogP) is 6.15. The maximum atomic E-state index is 13.2. The van der Waals surface area contributed by atoms with Crippen LogP contribution in [0.15, 0.2) is 65.1 Å². The number of aryl methyl sites for hydroxylation is 2. The van der Waals surface area contributed by atoms with Gasteiger partial charge in [0.1, 0.15) is 30.4 Å². The smallest absolute Gasteiger partial charge is 0.307 e. The zero-order chi connectivity index (χ0) is 24.2. The molecule has 0 bridgehead atoms. The van der Waals surface area contributed by atoms with Crippen LogP contribution in [0.3, 0.4) is 0 Å². The van der Waals surface area contributed by atoms with Gasteiger partial charge in [0, 0.05) is 22.9 Å². The first kappa shape index (κ1) is 23.5. The van der Waals surface area contributed by atoms with Crippen LogP contribution in [0.25, 0.3) is 22.1 Å². The number of fused-ring (bicyclic) bond motifs is 1. The molecule has 34 heavy (non-hydrogen) atoms. The molecular weight excluding hydrogens is 433 g/mol. The van der Waals surface area contributed by atoms with Crippen molar-refractivity contribution in [2.24, 2.45) is 5.73 Å².